The van der Waals surface area contributed by atoms with Crippen LogP contribution in [0.1, 0.15) is 16.8 Å². The van der Waals surface area contributed by atoms with Crippen LogP contribution in [-0.4, -0.2) is 24.1 Å². The van der Waals surface area contributed by atoms with Crippen molar-refractivity contribution in [3.63, 3.8) is 0 Å². The minimum absolute atomic E-state index is 0.225. The van der Waals surface area contributed by atoms with Gasteiger partial charge in [0.15, 0.2) is 0 Å². The summed E-state index contributed by atoms with van der Waals surface area (Å²) in [5.41, 5.74) is 2.93. The summed E-state index contributed by atoms with van der Waals surface area (Å²) in [5, 5.41) is 3.08. The van der Waals surface area contributed by atoms with Crippen molar-refractivity contribution in [2.75, 3.05) is 19.0 Å². The lowest BCUT2D eigenvalue weighted by Crippen LogP contribution is -2.20. The molecule has 0 fully saturated rings. The van der Waals surface area contributed by atoms with E-state index < -0.39 is 0 Å². The minimum atomic E-state index is -0.225. The van der Waals surface area contributed by atoms with Crippen LogP contribution >= 0.6 is 0 Å². The van der Waals surface area contributed by atoms with E-state index >= 15 is 0 Å². The highest BCUT2D eigenvalue weighted by atomic mass is 19.1. The van der Waals surface area contributed by atoms with Crippen LogP contribution in [-0.2, 0) is 13.1 Å². The molecule has 0 amide bonds. The highest BCUT2D eigenvalue weighted by Crippen LogP contribution is 2.13. The van der Waals surface area contributed by atoms with Gasteiger partial charge in [0.25, 0.3) is 0 Å². The molecule has 1 N–H and O–H groups in total. The van der Waals surface area contributed by atoms with E-state index in [1.165, 1.54) is 12.1 Å². The fraction of sp³-hybridized carbons (Fsp3) is 0.333. The topological polar surface area (TPSA) is 41.1 Å². The Labute approximate surface area is 118 Å². The van der Waals surface area contributed by atoms with Crippen LogP contribution in [0.5, 0.6) is 0 Å². The number of nitrogens with zero attached hydrogens (tertiary/aromatic N) is 3. The van der Waals surface area contributed by atoms with Gasteiger partial charge in [-0.25, -0.2) is 14.4 Å². The monoisotopic (exact) mass is 274 g/mol. The van der Waals surface area contributed by atoms with Crippen LogP contribution in [0, 0.1) is 12.7 Å². The Balaban J connectivity index is 2.13. The van der Waals surface area contributed by atoms with Crippen molar-refractivity contribution in [3.8, 4) is 0 Å². The number of hydrogen-bond acceptors (Lipinski definition) is 4. The van der Waals surface area contributed by atoms with E-state index in [1.54, 1.807) is 6.07 Å². The SMILES string of the molecule is CNCc1cnc(N(C)Cc2cccc(F)c2)nc1C. The van der Waals surface area contributed by atoms with Crippen molar-refractivity contribution in [3.05, 3.63) is 53.1 Å². The van der Waals surface area contributed by atoms with E-state index in [-0.39, 0.29) is 5.82 Å². The molecule has 0 saturated heterocycles. The smallest absolute Gasteiger partial charge is 0.225 e. The first-order valence-corrected chi connectivity index (χ1v) is 6.53. The van der Waals surface area contributed by atoms with Crippen LogP contribution in [0.25, 0.3) is 0 Å². The molecule has 0 aliphatic carbocycles. The highest BCUT2D eigenvalue weighted by molar-refractivity contribution is 5.33. The molecule has 5 heteroatoms. The molecular weight excluding hydrogens is 255 g/mol. The molecule has 1 aromatic carbocycles. The summed E-state index contributed by atoms with van der Waals surface area (Å²) in [5.74, 6) is 0.420. The van der Waals surface area contributed by atoms with E-state index in [1.807, 2.05) is 38.2 Å². The van der Waals surface area contributed by atoms with E-state index in [2.05, 4.69) is 15.3 Å². The van der Waals surface area contributed by atoms with E-state index in [9.17, 15) is 4.39 Å². The first-order valence-electron chi connectivity index (χ1n) is 6.53. The molecule has 1 aromatic heterocycles. The zero-order valence-corrected chi connectivity index (χ0v) is 12.0. The average molecular weight is 274 g/mol. The number of halogens is 1. The number of aryl methyl sites for hydroxylation is 1. The summed E-state index contributed by atoms with van der Waals surface area (Å²) in [7, 11) is 3.79. The van der Waals surface area contributed by atoms with Crippen LogP contribution in [0.4, 0.5) is 10.3 Å². The van der Waals surface area contributed by atoms with E-state index in [0.29, 0.717) is 12.5 Å². The lowest BCUT2D eigenvalue weighted by atomic mass is 10.2. The molecule has 0 bridgehead atoms. The van der Waals surface area contributed by atoms with Gasteiger partial charge in [-0.3, -0.25) is 0 Å². The standard InChI is InChI=1S/C15H19FN4/c1-11-13(8-17-2)9-18-15(19-11)20(3)10-12-5-4-6-14(16)7-12/h4-7,9,17H,8,10H2,1-3H3. The zero-order chi connectivity index (χ0) is 14.5. The maximum atomic E-state index is 13.2. The van der Waals surface area contributed by atoms with Crippen molar-refractivity contribution in [1.82, 2.24) is 15.3 Å². The van der Waals surface area contributed by atoms with Crippen molar-refractivity contribution in [2.45, 2.75) is 20.0 Å². The zero-order valence-electron chi connectivity index (χ0n) is 12.0. The molecule has 4 nitrogen and oxygen atoms in total. The molecule has 1 heterocycles. The Morgan fingerprint density at radius 2 is 2.15 bits per heavy atom. The van der Waals surface area contributed by atoms with Gasteiger partial charge < -0.3 is 10.2 Å². The summed E-state index contributed by atoms with van der Waals surface area (Å²) < 4.78 is 13.2. The van der Waals surface area contributed by atoms with Gasteiger partial charge in [-0.15, -0.1) is 0 Å². The molecule has 0 atom stereocenters. The first kappa shape index (κ1) is 14.4. The van der Waals surface area contributed by atoms with Crippen LogP contribution < -0.4 is 10.2 Å². The molecule has 0 unspecified atom stereocenters. The largest absolute Gasteiger partial charge is 0.340 e. The normalized spacial score (nSPS) is 10.6. The molecule has 0 aliphatic heterocycles. The molecule has 0 radical (unpaired) electrons. The Kier molecular flexibility index (Phi) is 4.63. The fourth-order valence-electron chi connectivity index (χ4n) is 2.01. The molecule has 20 heavy (non-hydrogen) atoms. The maximum absolute atomic E-state index is 13.2. The Morgan fingerprint density at radius 1 is 1.35 bits per heavy atom. The van der Waals surface area contributed by atoms with Gasteiger partial charge in [0.1, 0.15) is 5.82 Å². The number of rotatable bonds is 5. The second kappa shape index (κ2) is 6.43. The molecule has 0 saturated carbocycles. The molecular formula is C15H19FN4. The Bertz CT molecular complexity index is 586. The third-order valence-electron chi connectivity index (χ3n) is 3.09. The number of aromatic nitrogens is 2. The summed E-state index contributed by atoms with van der Waals surface area (Å²) >= 11 is 0. The molecule has 2 aromatic rings. The van der Waals surface area contributed by atoms with Gasteiger partial charge >= 0.3 is 0 Å². The molecule has 0 spiro atoms. The predicted octanol–water partition coefficient (Wildman–Crippen LogP) is 2.28. The Morgan fingerprint density at radius 3 is 2.80 bits per heavy atom. The maximum Gasteiger partial charge on any atom is 0.225 e. The fourth-order valence-corrected chi connectivity index (χ4v) is 2.01. The molecule has 106 valence electrons. The van der Waals surface area contributed by atoms with Gasteiger partial charge in [0, 0.05) is 37.6 Å². The van der Waals surface area contributed by atoms with Gasteiger partial charge in [0.05, 0.1) is 0 Å². The number of nitrogens with one attached hydrogen (secondary N) is 1. The summed E-state index contributed by atoms with van der Waals surface area (Å²) in [4.78, 5) is 10.8. The summed E-state index contributed by atoms with van der Waals surface area (Å²) in [6, 6.07) is 6.57. The van der Waals surface area contributed by atoms with Gasteiger partial charge in [-0.2, -0.15) is 0 Å². The Hall–Kier alpha value is -2.01. The van der Waals surface area contributed by atoms with Gasteiger partial charge in [0.2, 0.25) is 5.95 Å². The van der Waals surface area contributed by atoms with Crippen molar-refractivity contribution in [1.29, 1.82) is 0 Å². The lowest BCUT2D eigenvalue weighted by Gasteiger charge is -2.18. The highest BCUT2D eigenvalue weighted by Gasteiger charge is 2.08. The van der Waals surface area contributed by atoms with Crippen LogP contribution in [0.15, 0.2) is 30.5 Å². The summed E-state index contributed by atoms with van der Waals surface area (Å²) in [6.45, 7) is 3.29. The molecule has 0 aliphatic rings. The quantitative estimate of drug-likeness (QED) is 0.908. The van der Waals surface area contributed by atoms with Crippen molar-refractivity contribution in [2.24, 2.45) is 0 Å². The second-order valence-corrected chi connectivity index (χ2v) is 4.80. The minimum Gasteiger partial charge on any atom is -0.340 e. The van der Waals surface area contributed by atoms with Crippen LogP contribution in [0.3, 0.4) is 0 Å². The summed E-state index contributed by atoms with van der Waals surface area (Å²) in [6.07, 6.45) is 1.83. The van der Waals surface area contributed by atoms with Crippen LogP contribution in [0.2, 0.25) is 0 Å². The van der Waals surface area contributed by atoms with Crippen molar-refractivity contribution >= 4 is 5.95 Å². The third kappa shape index (κ3) is 3.51. The lowest BCUT2D eigenvalue weighted by molar-refractivity contribution is 0.625. The number of anilines is 1. The number of benzene rings is 1. The second-order valence-electron chi connectivity index (χ2n) is 4.80. The van der Waals surface area contributed by atoms with Gasteiger partial charge in [-0.05, 0) is 31.7 Å². The predicted molar refractivity (Wildman–Crippen MR) is 78.0 cm³/mol. The van der Waals surface area contributed by atoms with Crippen molar-refractivity contribution < 1.29 is 4.39 Å². The van der Waals surface area contributed by atoms with E-state index in [4.69, 9.17) is 0 Å². The average Bonchev–Trinajstić information content (AvgIpc) is 2.41. The first-order chi connectivity index (χ1) is 9.60. The van der Waals surface area contributed by atoms with E-state index in [0.717, 1.165) is 23.4 Å². The molecule has 2 rings (SSSR count). The third-order valence-corrected chi connectivity index (χ3v) is 3.09. The van der Waals surface area contributed by atoms with Gasteiger partial charge in [-0.1, -0.05) is 12.1 Å². The number of hydrogen-bond donors (Lipinski definition) is 1.